The summed E-state index contributed by atoms with van der Waals surface area (Å²) in [4.78, 5) is 10.4. The molecule has 0 amide bonds. The lowest BCUT2D eigenvalue weighted by Gasteiger charge is -2.05. The maximum atomic E-state index is 10.4. The molecule has 0 aliphatic heterocycles. The minimum Gasteiger partial charge on any atom is -0.480 e. The molecule has 84 valence electrons. The minimum atomic E-state index is -0.939. The molecule has 1 atom stereocenters. The van der Waals surface area contributed by atoms with Crippen LogP contribution in [0.1, 0.15) is 5.56 Å². The predicted molar refractivity (Wildman–Crippen MR) is 65.5 cm³/mol. The third-order valence-corrected chi connectivity index (χ3v) is 2.86. The van der Waals surface area contributed by atoms with Crippen molar-refractivity contribution in [1.82, 2.24) is 0 Å². The Morgan fingerprint density at radius 3 is 2.53 bits per heavy atom. The summed E-state index contributed by atoms with van der Waals surface area (Å²) in [6, 6.07) is 9.15. The van der Waals surface area contributed by atoms with Gasteiger partial charge in [0.1, 0.15) is 6.04 Å². The van der Waals surface area contributed by atoms with E-state index >= 15 is 0 Å². The number of carboxylic acid groups (broad SMARTS) is 1. The Labute approximate surface area is 99.5 Å². The van der Waals surface area contributed by atoms with E-state index in [2.05, 4.69) is 0 Å². The van der Waals surface area contributed by atoms with Gasteiger partial charge in [0.15, 0.2) is 0 Å². The van der Waals surface area contributed by atoms with Crippen LogP contribution in [0.25, 0.3) is 0 Å². The average molecular weight is 248 g/mol. The molecule has 1 aromatic rings. The fourth-order valence-corrected chi connectivity index (χ4v) is 1.89. The van der Waals surface area contributed by atoms with Gasteiger partial charge in [-0.3, -0.25) is 4.79 Å². The third kappa shape index (κ3) is 5.67. The summed E-state index contributed by atoms with van der Waals surface area (Å²) in [5.74, 6) is 0.317. The number of thioether (sulfide) groups is 1. The fourth-order valence-electron chi connectivity index (χ4n) is 0.949. The normalized spacial score (nSPS) is 11.5. The molecule has 0 aliphatic rings. The maximum absolute atomic E-state index is 10.4. The van der Waals surface area contributed by atoms with E-state index < -0.39 is 12.0 Å². The smallest absolute Gasteiger partial charge is 0.321 e. The van der Waals surface area contributed by atoms with Crippen molar-refractivity contribution in [2.24, 2.45) is 5.73 Å². The Morgan fingerprint density at radius 2 is 2.00 bits per heavy atom. The standard InChI is InChI=1S/C10H13NO2S.ClH/c11-9(10(12)13)7-14-6-8-4-2-1-3-5-8;/h1-5,9H,6-7,11H2,(H,12,13);1H. The van der Waals surface area contributed by atoms with Crippen LogP contribution in [0.5, 0.6) is 0 Å². The van der Waals surface area contributed by atoms with Crippen molar-refractivity contribution < 1.29 is 9.90 Å². The molecule has 0 saturated heterocycles. The van der Waals surface area contributed by atoms with Gasteiger partial charge in [-0.2, -0.15) is 11.8 Å². The summed E-state index contributed by atoms with van der Waals surface area (Å²) < 4.78 is 0. The first-order chi connectivity index (χ1) is 6.70. The first-order valence-electron chi connectivity index (χ1n) is 4.30. The average Bonchev–Trinajstić information content (AvgIpc) is 2.19. The zero-order valence-corrected chi connectivity index (χ0v) is 9.76. The molecular formula is C10H14ClNO2S. The number of benzene rings is 1. The molecule has 0 aliphatic carbocycles. The molecule has 5 heteroatoms. The fraction of sp³-hybridized carbons (Fsp3) is 0.300. The van der Waals surface area contributed by atoms with Crippen molar-refractivity contribution in [3.05, 3.63) is 35.9 Å². The first kappa shape index (κ1) is 14.3. The van der Waals surface area contributed by atoms with Crippen LogP contribution in [0.3, 0.4) is 0 Å². The van der Waals surface area contributed by atoms with Gasteiger partial charge in [0.2, 0.25) is 0 Å². The molecule has 3 N–H and O–H groups in total. The Hall–Kier alpha value is -0.710. The van der Waals surface area contributed by atoms with Gasteiger partial charge in [0.25, 0.3) is 0 Å². The molecule has 0 radical (unpaired) electrons. The molecule has 15 heavy (non-hydrogen) atoms. The highest BCUT2D eigenvalue weighted by Gasteiger charge is 2.10. The van der Waals surface area contributed by atoms with Crippen molar-refractivity contribution in [2.45, 2.75) is 11.8 Å². The molecule has 0 heterocycles. The zero-order valence-electron chi connectivity index (χ0n) is 8.13. The SMILES string of the molecule is Cl.NC(CSCc1ccccc1)C(=O)O. The monoisotopic (exact) mass is 247 g/mol. The Kier molecular flexibility index (Phi) is 7.21. The van der Waals surface area contributed by atoms with Crippen molar-refractivity contribution in [2.75, 3.05) is 5.75 Å². The lowest BCUT2D eigenvalue weighted by Crippen LogP contribution is -2.32. The molecule has 1 unspecified atom stereocenters. The molecule has 3 nitrogen and oxygen atoms in total. The summed E-state index contributed by atoms with van der Waals surface area (Å²) in [6.07, 6.45) is 0. The second-order valence-corrected chi connectivity index (χ2v) is 3.98. The van der Waals surface area contributed by atoms with Crippen LogP contribution < -0.4 is 5.73 Å². The third-order valence-electron chi connectivity index (χ3n) is 1.73. The number of carboxylic acids is 1. The predicted octanol–water partition coefficient (Wildman–Crippen LogP) is 1.75. The van der Waals surface area contributed by atoms with Crippen LogP contribution in [-0.4, -0.2) is 22.9 Å². The lowest BCUT2D eigenvalue weighted by molar-refractivity contribution is -0.137. The summed E-state index contributed by atoms with van der Waals surface area (Å²) in [5, 5.41) is 8.54. The molecule has 0 aromatic heterocycles. The van der Waals surface area contributed by atoms with E-state index in [-0.39, 0.29) is 12.4 Å². The summed E-state index contributed by atoms with van der Waals surface area (Å²) >= 11 is 1.54. The van der Waals surface area contributed by atoms with E-state index in [1.54, 1.807) is 0 Å². The Bertz CT molecular complexity index is 295. The van der Waals surface area contributed by atoms with E-state index in [1.165, 1.54) is 17.3 Å². The molecule has 0 fully saturated rings. The molecule has 0 bridgehead atoms. The zero-order chi connectivity index (χ0) is 10.4. The number of carbonyl (C=O) groups is 1. The highest BCUT2D eigenvalue weighted by atomic mass is 35.5. The number of hydrogen-bond donors (Lipinski definition) is 2. The van der Waals surface area contributed by atoms with Gasteiger partial charge in [-0.25, -0.2) is 0 Å². The van der Waals surface area contributed by atoms with Crippen molar-refractivity contribution in [3.8, 4) is 0 Å². The molecule has 0 saturated carbocycles. The van der Waals surface area contributed by atoms with Crippen molar-refractivity contribution in [3.63, 3.8) is 0 Å². The van der Waals surface area contributed by atoms with Gasteiger partial charge in [0.05, 0.1) is 0 Å². The highest BCUT2D eigenvalue weighted by molar-refractivity contribution is 7.98. The number of nitrogens with two attached hydrogens (primary N) is 1. The van der Waals surface area contributed by atoms with Crippen LogP contribution in [0.4, 0.5) is 0 Å². The van der Waals surface area contributed by atoms with E-state index in [1.807, 2.05) is 30.3 Å². The quantitative estimate of drug-likeness (QED) is 0.832. The number of rotatable bonds is 5. The number of aliphatic carboxylic acids is 1. The molecule has 0 spiro atoms. The Balaban J connectivity index is 0.00000196. The first-order valence-corrected chi connectivity index (χ1v) is 5.45. The van der Waals surface area contributed by atoms with E-state index in [9.17, 15) is 4.79 Å². The number of hydrogen-bond acceptors (Lipinski definition) is 3. The van der Waals surface area contributed by atoms with Crippen LogP contribution in [0.2, 0.25) is 0 Å². The molecule has 1 aromatic carbocycles. The largest absolute Gasteiger partial charge is 0.480 e. The van der Waals surface area contributed by atoms with E-state index in [4.69, 9.17) is 10.8 Å². The van der Waals surface area contributed by atoms with E-state index in [0.717, 1.165) is 5.75 Å². The topological polar surface area (TPSA) is 63.3 Å². The van der Waals surface area contributed by atoms with Crippen molar-refractivity contribution >= 4 is 30.1 Å². The summed E-state index contributed by atoms with van der Waals surface area (Å²) in [5.41, 5.74) is 6.55. The lowest BCUT2D eigenvalue weighted by atomic mass is 10.2. The summed E-state index contributed by atoms with van der Waals surface area (Å²) in [7, 11) is 0. The number of halogens is 1. The second kappa shape index (κ2) is 7.56. The van der Waals surface area contributed by atoms with E-state index in [0.29, 0.717) is 5.75 Å². The summed E-state index contributed by atoms with van der Waals surface area (Å²) in [6.45, 7) is 0. The van der Waals surface area contributed by atoms with Gasteiger partial charge < -0.3 is 10.8 Å². The van der Waals surface area contributed by atoms with Gasteiger partial charge in [0, 0.05) is 11.5 Å². The molecule has 1 rings (SSSR count). The van der Waals surface area contributed by atoms with Gasteiger partial charge in [-0.1, -0.05) is 30.3 Å². The van der Waals surface area contributed by atoms with Gasteiger partial charge in [-0.15, -0.1) is 12.4 Å². The van der Waals surface area contributed by atoms with Crippen molar-refractivity contribution in [1.29, 1.82) is 0 Å². The van der Waals surface area contributed by atoms with Crippen LogP contribution in [0, 0.1) is 0 Å². The highest BCUT2D eigenvalue weighted by Crippen LogP contribution is 2.11. The van der Waals surface area contributed by atoms with Gasteiger partial charge in [-0.05, 0) is 5.56 Å². The Morgan fingerprint density at radius 1 is 1.40 bits per heavy atom. The molecular weight excluding hydrogens is 234 g/mol. The minimum absolute atomic E-state index is 0. The van der Waals surface area contributed by atoms with Gasteiger partial charge >= 0.3 is 5.97 Å². The van der Waals surface area contributed by atoms with Crippen LogP contribution in [0.15, 0.2) is 30.3 Å². The second-order valence-electron chi connectivity index (χ2n) is 2.95. The maximum Gasteiger partial charge on any atom is 0.321 e. The van der Waals surface area contributed by atoms with Crippen LogP contribution >= 0.6 is 24.2 Å². The van der Waals surface area contributed by atoms with Crippen LogP contribution in [-0.2, 0) is 10.5 Å².